The van der Waals surface area contributed by atoms with Crippen LogP contribution in [0.4, 0.5) is 11.4 Å². The van der Waals surface area contributed by atoms with Gasteiger partial charge in [-0.3, -0.25) is 9.00 Å². The third-order valence-corrected chi connectivity index (χ3v) is 4.26. The van der Waals surface area contributed by atoms with Crippen LogP contribution in [0.2, 0.25) is 10.0 Å². The van der Waals surface area contributed by atoms with Gasteiger partial charge in [0.2, 0.25) is 5.91 Å². The zero-order valence-electron chi connectivity index (χ0n) is 10.00. The molecular formula is C11H14Cl2N2O2S. The molecule has 1 rings (SSSR count). The monoisotopic (exact) mass is 308 g/mol. The minimum atomic E-state index is -1.22. The van der Waals surface area contributed by atoms with Gasteiger partial charge in [-0.1, -0.05) is 37.0 Å². The summed E-state index contributed by atoms with van der Waals surface area (Å²) in [5, 5.41) is 3.11. The molecule has 0 bridgehead atoms. The van der Waals surface area contributed by atoms with Crippen molar-refractivity contribution in [3.63, 3.8) is 0 Å². The molecule has 1 aromatic rings. The molecule has 1 atom stereocenters. The van der Waals surface area contributed by atoms with Crippen molar-refractivity contribution in [1.29, 1.82) is 0 Å². The van der Waals surface area contributed by atoms with E-state index in [1.807, 2.05) is 0 Å². The lowest BCUT2D eigenvalue weighted by Crippen LogP contribution is -2.23. The largest absolute Gasteiger partial charge is 0.397 e. The highest BCUT2D eigenvalue weighted by atomic mass is 35.5. The van der Waals surface area contributed by atoms with Crippen molar-refractivity contribution >= 4 is 51.3 Å². The maximum Gasteiger partial charge on any atom is 0.237 e. The van der Waals surface area contributed by atoms with Crippen LogP contribution in [0.25, 0.3) is 0 Å². The van der Waals surface area contributed by atoms with E-state index in [0.29, 0.717) is 10.7 Å². The summed E-state index contributed by atoms with van der Waals surface area (Å²) in [4.78, 5) is 11.7. The summed E-state index contributed by atoms with van der Waals surface area (Å²) in [7, 11) is -1.22. The molecule has 0 aliphatic heterocycles. The zero-order chi connectivity index (χ0) is 13.9. The second-order valence-electron chi connectivity index (χ2n) is 3.97. The lowest BCUT2D eigenvalue weighted by Gasteiger charge is -2.11. The van der Waals surface area contributed by atoms with Crippen LogP contribution < -0.4 is 11.1 Å². The number of benzene rings is 1. The van der Waals surface area contributed by atoms with E-state index in [2.05, 4.69) is 5.32 Å². The number of rotatable bonds is 4. The Morgan fingerprint density at radius 1 is 1.44 bits per heavy atom. The van der Waals surface area contributed by atoms with E-state index in [1.165, 1.54) is 12.1 Å². The van der Waals surface area contributed by atoms with E-state index >= 15 is 0 Å². The number of carbonyl (C=O) groups is 1. The molecule has 0 saturated carbocycles. The van der Waals surface area contributed by atoms with E-state index < -0.39 is 16.7 Å². The summed E-state index contributed by atoms with van der Waals surface area (Å²) in [6.45, 7) is 3.57. The Balaban J connectivity index is 2.80. The predicted octanol–water partition coefficient (Wildman–Crippen LogP) is 2.67. The maximum atomic E-state index is 11.7. The molecular weight excluding hydrogens is 295 g/mol. The summed E-state index contributed by atoms with van der Waals surface area (Å²) in [6.07, 6.45) is 0. The van der Waals surface area contributed by atoms with Gasteiger partial charge in [0.25, 0.3) is 0 Å². The summed E-state index contributed by atoms with van der Waals surface area (Å²) in [5.74, 6) is -0.478. The van der Waals surface area contributed by atoms with Crippen molar-refractivity contribution in [1.82, 2.24) is 0 Å². The molecule has 1 aromatic carbocycles. The number of nitrogens with one attached hydrogen (secondary N) is 1. The number of amides is 1. The summed E-state index contributed by atoms with van der Waals surface area (Å²) >= 11 is 11.7. The lowest BCUT2D eigenvalue weighted by molar-refractivity contribution is -0.113. The molecule has 18 heavy (non-hydrogen) atoms. The SMILES string of the molecule is CC(C)S(=O)CC(=O)Nc1c(N)cc(Cl)cc1Cl. The molecule has 1 unspecified atom stereocenters. The Hall–Kier alpha value is -0.780. The normalized spacial score (nSPS) is 12.5. The molecule has 0 aromatic heterocycles. The van der Waals surface area contributed by atoms with Crippen molar-refractivity contribution < 1.29 is 9.00 Å². The van der Waals surface area contributed by atoms with Crippen molar-refractivity contribution in [2.24, 2.45) is 0 Å². The molecule has 7 heteroatoms. The number of nitrogen functional groups attached to an aromatic ring is 1. The third-order valence-electron chi connectivity index (χ3n) is 2.15. The predicted molar refractivity (Wildman–Crippen MR) is 77.6 cm³/mol. The molecule has 1 amide bonds. The second kappa shape index (κ2) is 6.41. The smallest absolute Gasteiger partial charge is 0.237 e. The van der Waals surface area contributed by atoms with Gasteiger partial charge in [-0.15, -0.1) is 0 Å². The lowest BCUT2D eigenvalue weighted by atomic mass is 10.2. The molecule has 100 valence electrons. The van der Waals surface area contributed by atoms with Crippen LogP contribution in [-0.4, -0.2) is 21.1 Å². The van der Waals surface area contributed by atoms with Crippen molar-refractivity contribution in [2.75, 3.05) is 16.8 Å². The third kappa shape index (κ3) is 4.15. The first-order valence-corrected chi connectivity index (χ1v) is 7.36. The van der Waals surface area contributed by atoms with Gasteiger partial charge in [0.15, 0.2) is 0 Å². The van der Waals surface area contributed by atoms with Crippen molar-refractivity contribution in [3.8, 4) is 0 Å². The Kier molecular flexibility index (Phi) is 5.44. The first-order chi connectivity index (χ1) is 8.31. The topological polar surface area (TPSA) is 72.2 Å². The summed E-state index contributed by atoms with van der Waals surface area (Å²) in [5.41, 5.74) is 6.27. The summed E-state index contributed by atoms with van der Waals surface area (Å²) < 4.78 is 11.5. The van der Waals surface area contributed by atoms with Gasteiger partial charge in [0.05, 0.1) is 16.4 Å². The fourth-order valence-electron chi connectivity index (χ4n) is 1.20. The number of carbonyl (C=O) groups excluding carboxylic acids is 1. The number of nitrogens with two attached hydrogens (primary N) is 1. The highest BCUT2D eigenvalue weighted by molar-refractivity contribution is 7.86. The van der Waals surface area contributed by atoms with E-state index in [4.69, 9.17) is 28.9 Å². The quantitative estimate of drug-likeness (QED) is 0.840. The van der Waals surface area contributed by atoms with Crippen LogP contribution in [0.3, 0.4) is 0 Å². The van der Waals surface area contributed by atoms with Crippen LogP contribution >= 0.6 is 23.2 Å². The van der Waals surface area contributed by atoms with Gasteiger partial charge in [-0.25, -0.2) is 0 Å². The van der Waals surface area contributed by atoms with Gasteiger partial charge in [-0.2, -0.15) is 0 Å². The highest BCUT2D eigenvalue weighted by Crippen LogP contribution is 2.31. The van der Waals surface area contributed by atoms with E-state index in [-0.39, 0.29) is 21.7 Å². The van der Waals surface area contributed by atoms with Gasteiger partial charge < -0.3 is 11.1 Å². The Bertz CT molecular complexity index is 469. The average molecular weight is 309 g/mol. The Morgan fingerprint density at radius 3 is 2.56 bits per heavy atom. The maximum absolute atomic E-state index is 11.7. The van der Waals surface area contributed by atoms with Crippen LogP contribution in [0, 0.1) is 0 Å². The standard InChI is InChI=1S/C11H14Cl2N2O2S/c1-6(2)18(17)5-10(16)15-11-8(13)3-7(12)4-9(11)14/h3-4,6H,5,14H2,1-2H3,(H,15,16). The second-order valence-corrected chi connectivity index (χ2v) is 6.81. The van der Waals surface area contributed by atoms with Gasteiger partial charge in [0, 0.05) is 21.1 Å². The molecule has 3 N–H and O–H groups in total. The first-order valence-electron chi connectivity index (χ1n) is 5.22. The molecule has 4 nitrogen and oxygen atoms in total. The van der Waals surface area contributed by atoms with E-state index in [1.54, 1.807) is 13.8 Å². The van der Waals surface area contributed by atoms with Crippen molar-refractivity contribution in [3.05, 3.63) is 22.2 Å². The molecule has 0 aliphatic carbocycles. The van der Waals surface area contributed by atoms with Gasteiger partial charge >= 0.3 is 0 Å². The molecule has 0 radical (unpaired) electrons. The minimum absolute atomic E-state index is 0.0752. The molecule has 0 heterocycles. The van der Waals surface area contributed by atoms with Gasteiger partial charge in [-0.05, 0) is 12.1 Å². The van der Waals surface area contributed by atoms with Crippen molar-refractivity contribution in [2.45, 2.75) is 19.1 Å². The van der Waals surface area contributed by atoms with E-state index in [0.717, 1.165) is 0 Å². The fourth-order valence-corrected chi connectivity index (χ4v) is 2.42. The Morgan fingerprint density at radius 2 is 2.06 bits per heavy atom. The fraction of sp³-hybridized carbons (Fsp3) is 0.364. The van der Waals surface area contributed by atoms with E-state index in [9.17, 15) is 9.00 Å². The summed E-state index contributed by atoms with van der Waals surface area (Å²) in [6, 6.07) is 2.97. The van der Waals surface area contributed by atoms with Crippen LogP contribution in [0.1, 0.15) is 13.8 Å². The van der Waals surface area contributed by atoms with Crippen LogP contribution in [0.15, 0.2) is 12.1 Å². The highest BCUT2D eigenvalue weighted by Gasteiger charge is 2.14. The molecule has 0 fully saturated rings. The number of anilines is 2. The van der Waals surface area contributed by atoms with Crippen LogP contribution in [-0.2, 0) is 15.6 Å². The first kappa shape index (κ1) is 15.3. The number of hydrogen-bond acceptors (Lipinski definition) is 3. The van der Waals surface area contributed by atoms with Crippen LogP contribution in [0.5, 0.6) is 0 Å². The number of hydrogen-bond donors (Lipinski definition) is 2. The molecule has 0 saturated heterocycles. The molecule has 0 spiro atoms. The molecule has 0 aliphatic rings. The zero-order valence-corrected chi connectivity index (χ0v) is 12.3. The number of halogens is 2. The Labute approximate surface area is 118 Å². The minimum Gasteiger partial charge on any atom is -0.397 e. The van der Waals surface area contributed by atoms with Gasteiger partial charge in [0.1, 0.15) is 5.75 Å². The average Bonchev–Trinajstić information content (AvgIpc) is 2.23.